The van der Waals surface area contributed by atoms with Gasteiger partial charge in [-0.05, 0) is 6.26 Å². The molecule has 4 heteroatoms. The number of rotatable bonds is 1. The number of hydrogen-bond acceptors (Lipinski definition) is 4. The van der Waals surface area contributed by atoms with Gasteiger partial charge in [0.15, 0.2) is 0 Å². The Kier molecular flexibility index (Phi) is 1.87. The minimum Gasteiger partial charge on any atom is -0.435 e. The Hall–Kier alpha value is -0.480. The molecule has 1 aliphatic heterocycles. The summed E-state index contributed by atoms with van der Waals surface area (Å²) in [6, 6.07) is 0. The van der Waals surface area contributed by atoms with Crippen molar-refractivity contribution in [2.75, 3.05) is 12.8 Å². The SMILES string of the molecule is CSc1nc2c(o1)CNCC2. The Morgan fingerprint density at radius 1 is 1.64 bits per heavy atom. The van der Waals surface area contributed by atoms with Crippen molar-refractivity contribution in [2.24, 2.45) is 0 Å². The molecule has 1 aromatic rings. The molecular formula is C7H10N2OS. The molecule has 0 saturated carbocycles. The van der Waals surface area contributed by atoms with Crippen LogP contribution < -0.4 is 5.32 Å². The lowest BCUT2D eigenvalue weighted by molar-refractivity contribution is 0.398. The first kappa shape index (κ1) is 7.18. The number of oxazole rings is 1. The van der Waals surface area contributed by atoms with E-state index in [2.05, 4.69) is 10.3 Å². The van der Waals surface area contributed by atoms with Gasteiger partial charge in [0.25, 0.3) is 5.22 Å². The van der Waals surface area contributed by atoms with Crippen LogP contribution in [0.4, 0.5) is 0 Å². The molecule has 0 unspecified atom stereocenters. The van der Waals surface area contributed by atoms with Crippen LogP contribution in [0.25, 0.3) is 0 Å². The summed E-state index contributed by atoms with van der Waals surface area (Å²) in [5.74, 6) is 1.01. The number of thioether (sulfide) groups is 1. The zero-order valence-corrected chi connectivity index (χ0v) is 7.20. The van der Waals surface area contributed by atoms with Crippen LogP contribution in [0.5, 0.6) is 0 Å². The van der Waals surface area contributed by atoms with E-state index in [4.69, 9.17) is 4.42 Å². The van der Waals surface area contributed by atoms with Crippen LogP contribution >= 0.6 is 11.8 Å². The van der Waals surface area contributed by atoms with Crippen molar-refractivity contribution in [3.63, 3.8) is 0 Å². The number of hydrogen-bond donors (Lipinski definition) is 1. The zero-order valence-electron chi connectivity index (χ0n) is 6.39. The standard InChI is InChI=1S/C7H10N2OS/c1-11-7-9-5-2-3-8-4-6(5)10-7/h8H,2-4H2,1H3. The molecule has 0 amide bonds. The monoisotopic (exact) mass is 170 g/mol. The molecule has 0 aliphatic carbocycles. The smallest absolute Gasteiger partial charge is 0.255 e. The molecule has 3 nitrogen and oxygen atoms in total. The molecular weight excluding hydrogens is 160 g/mol. The molecule has 0 spiro atoms. The summed E-state index contributed by atoms with van der Waals surface area (Å²) < 4.78 is 5.44. The first-order valence-corrected chi connectivity index (χ1v) is 4.86. The van der Waals surface area contributed by atoms with E-state index in [9.17, 15) is 0 Å². The van der Waals surface area contributed by atoms with E-state index in [0.29, 0.717) is 0 Å². The lowest BCUT2D eigenvalue weighted by Gasteiger charge is -2.07. The third kappa shape index (κ3) is 1.28. The van der Waals surface area contributed by atoms with Gasteiger partial charge in [-0.25, -0.2) is 4.98 Å². The van der Waals surface area contributed by atoms with Crippen LogP contribution in [0.2, 0.25) is 0 Å². The van der Waals surface area contributed by atoms with E-state index in [1.807, 2.05) is 6.26 Å². The molecule has 1 aromatic heterocycles. The molecule has 0 saturated heterocycles. The van der Waals surface area contributed by atoms with Gasteiger partial charge in [-0.1, -0.05) is 11.8 Å². The third-order valence-electron chi connectivity index (χ3n) is 1.76. The summed E-state index contributed by atoms with van der Waals surface area (Å²) in [6.45, 7) is 1.86. The summed E-state index contributed by atoms with van der Waals surface area (Å²) >= 11 is 1.56. The van der Waals surface area contributed by atoms with Gasteiger partial charge in [0.1, 0.15) is 5.76 Å². The van der Waals surface area contributed by atoms with Crippen LogP contribution in [0.1, 0.15) is 11.5 Å². The molecule has 1 N–H and O–H groups in total. The molecule has 0 fully saturated rings. The largest absolute Gasteiger partial charge is 0.435 e. The van der Waals surface area contributed by atoms with Crippen LogP contribution in [0, 0.1) is 0 Å². The van der Waals surface area contributed by atoms with Gasteiger partial charge < -0.3 is 9.73 Å². The third-order valence-corrected chi connectivity index (χ3v) is 2.28. The average molecular weight is 170 g/mol. The maximum atomic E-state index is 5.44. The van der Waals surface area contributed by atoms with E-state index < -0.39 is 0 Å². The highest BCUT2D eigenvalue weighted by molar-refractivity contribution is 7.98. The van der Waals surface area contributed by atoms with Gasteiger partial charge in [-0.3, -0.25) is 0 Å². The van der Waals surface area contributed by atoms with Crippen molar-refractivity contribution >= 4 is 11.8 Å². The summed E-state index contributed by atoms with van der Waals surface area (Å²) in [6.07, 6.45) is 2.98. The van der Waals surface area contributed by atoms with Gasteiger partial charge >= 0.3 is 0 Å². The maximum absolute atomic E-state index is 5.44. The highest BCUT2D eigenvalue weighted by atomic mass is 32.2. The lowest BCUT2D eigenvalue weighted by Crippen LogP contribution is -2.22. The Balaban J connectivity index is 2.32. The molecule has 0 bridgehead atoms. The summed E-state index contributed by atoms with van der Waals surface area (Å²) in [5, 5.41) is 4.03. The molecule has 0 radical (unpaired) electrons. The van der Waals surface area contributed by atoms with Crippen LogP contribution in [0.15, 0.2) is 9.64 Å². The Morgan fingerprint density at radius 2 is 2.55 bits per heavy atom. The molecule has 60 valence electrons. The molecule has 11 heavy (non-hydrogen) atoms. The van der Waals surface area contributed by atoms with Gasteiger partial charge in [0, 0.05) is 13.0 Å². The second kappa shape index (κ2) is 2.87. The fourth-order valence-corrected chi connectivity index (χ4v) is 1.57. The van der Waals surface area contributed by atoms with E-state index in [1.54, 1.807) is 11.8 Å². The topological polar surface area (TPSA) is 38.1 Å². The quantitative estimate of drug-likeness (QED) is 0.639. The van der Waals surface area contributed by atoms with Crippen molar-refractivity contribution < 1.29 is 4.42 Å². The van der Waals surface area contributed by atoms with E-state index in [0.717, 1.165) is 36.2 Å². The Labute approximate surface area is 69.6 Å². The van der Waals surface area contributed by atoms with E-state index in [1.165, 1.54) is 0 Å². The summed E-state index contributed by atoms with van der Waals surface area (Å²) in [5.41, 5.74) is 1.13. The molecule has 2 rings (SSSR count). The second-order valence-corrected chi connectivity index (χ2v) is 3.24. The molecule has 0 aromatic carbocycles. The van der Waals surface area contributed by atoms with Crippen molar-refractivity contribution in [1.29, 1.82) is 0 Å². The van der Waals surface area contributed by atoms with Crippen molar-refractivity contribution in [2.45, 2.75) is 18.2 Å². The van der Waals surface area contributed by atoms with Crippen molar-refractivity contribution in [1.82, 2.24) is 10.3 Å². The van der Waals surface area contributed by atoms with Crippen molar-refractivity contribution in [3.05, 3.63) is 11.5 Å². The normalized spacial score (nSPS) is 16.5. The highest BCUT2D eigenvalue weighted by Gasteiger charge is 2.15. The first-order valence-electron chi connectivity index (χ1n) is 3.63. The minimum atomic E-state index is 0.790. The lowest BCUT2D eigenvalue weighted by atomic mass is 10.2. The van der Waals surface area contributed by atoms with Crippen LogP contribution in [0.3, 0.4) is 0 Å². The molecule has 0 atom stereocenters. The summed E-state index contributed by atoms with van der Waals surface area (Å²) in [4.78, 5) is 4.33. The van der Waals surface area contributed by atoms with Crippen molar-refractivity contribution in [3.8, 4) is 0 Å². The fraction of sp³-hybridized carbons (Fsp3) is 0.571. The number of fused-ring (bicyclic) bond motifs is 1. The van der Waals surface area contributed by atoms with Crippen LogP contribution in [-0.4, -0.2) is 17.8 Å². The number of nitrogens with one attached hydrogen (secondary N) is 1. The Morgan fingerprint density at radius 3 is 3.27 bits per heavy atom. The molecule has 1 aliphatic rings. The summed E-state index contributed by atoms with van der Waals surface area (Å²) in [7, 11) is 0. The highest BCUT2D eigenvalue weighted by Crippen LogP contribution is 2.20. The number of nitrogens with zero attached hydrogens (tertiary/aromatic N) is 1. The second-order valence-electron chi connectivity index (χ2n) is 2.48. The van der Waals surface area contributed by atoms with Gasteiger partial charge in [-0.15, -0.1) is 0 Å². The zero-order chi connectivity index (χ0) is 7.68. The predicted molar refractivity (Wildman–Crippen MR) is 43.7 cm³/mol. The van der Waals surface area contributed by atoms with Gasteiger partial charge in [-0.2, -0.15) is 0 Å². The fourth-order valence-electron chi connectivity index (χ4n) is 1.19. The van der Waals surface area contributed by atoms with Gasteiger partial charge in [0.2, 0.25) is 0 Å². The van der Waals surface area contributed by atoms with Crippen LogP contribution in [-0.2, 0) is 13.0 Å². The molecule has 2 heterocycles. The van der Waals surface area contributed by atoms with E-state index >= 15 is 0 Å². The first-order chi connectivity index (χ1) is 5.40. The maximum Gasteiger partial charge on any atom is 0.255 e. The number of aromatic nitrogens is 1. The Bertz CT molecular complexity index is 235. The average Bonchev–Trinajstić information content (AvgIpc) is 2.46. The van der Waals surface area contributed by atoms with E-state index in [-0.39, 0.29) is 0 Å². The van der Waals surface area contributed by atoms with Gasteiger partial charge in [0.05, 0.1) is 12.2 Å². The predicted octanol–water partition coefficient (Wildman–Crippen LogP) is 1.04. The minimum absolute atomic E-state index is 0.790.